The third-order valence-corrected chi connectivity index (χ3v) is 2.25. The normalized spacial score (nSPS) is 12.2. The SMILES string of the molecule is CNCc1cc2ccc(C(F)(F)F)cc2o1. The number of furan rings is 1. The molecule has 0 radical (unpaired) electrons. The van der Waals surface area contributed by atoms with Crippen molar-refractivity contribution >= 4 is 11.0 Å². The van der Waals surface area contributed by atoms with E-state index in [-0.39, 0.29) is 5.58 Å². The van der Waals surface area contributed by atoms with Gasteiger partial charge in [0.05, 0.1) is 12.1 Å². The summed E-state index contributed by atoms with van der Waals surface area (Å²) in [7, 11) is 1.74. The molecule has 0 spiro atoms. The van der Waals surface area contributed by atoms with Crippen LogP contribution in [0.3, 0.4) is 0 Å². The third-order valence-electron chi connectivity index (χ3n) is 2.25. The van der Waals surface area contributed by atoms with Gasteiger partial charge in [-0.2, -0.15) is 13.2 Å². The Kier molecular flexibility index (Phi) is 2.63. The lowest BCUT2D eigenvalue weighted by Gasteiger charge is -2.04. The molecule has 86 valence electrons. The van der Waals surface area contributed by atoms with Crippen molar-refractivity contribution in [2.45, 2.75) is 12.7 Å². The van der Waals surface area contributed by atoms with Crippen LogP contribution in [0, 0.1) is 0 Å². The first kappa shape index (κ1) is 11.0. The summed E-state index contributed by atoms with van der Waals surface area (Å²) in [4.78, 5) is 0. The van der Waals surface area contributed by atoms with Crippen molar-refractivity contribution in [2.75, 3.05) is 7.05 Å². The van der Waals surface area contributed by atoms with Crippen molar-refractivity contribution in [3.8, 4) is 0 Å². The average molecular weight is 229 g/mol. The van der Waals surface area contributed by atoms with E-state index in [4.69, 9.17) is 4.42 Å². The Hall–Kier alpha value is -1.49. The van der Waals surface area contributed by atoms with Crippen LogP contribution in [0.5, 0.6) is 0 Å². The molecular weight excluding hydrogens is 219 g/mol. The lowest BCUT2D eigenvalue weighted by atomic mass is 10.1. The number of nitrogens with one attached hydrogen (secondary N) is 1. The zero-order chi connectivity index (χ0) is 11.8. The van der Waals surface area contributed by atoms with Crippen molar-refractivity contribution in [3.63, 3.8) is 0 Å². The average Bonchev–Trinajstić information content (AvgIpc) is 2.57. The van der Waals surface area contributed by atoms with E-state index in [0.717, 1.165) is 12.1 Å². The van der Waals surface area contributed by atoms with Gasteiger partial charge < -0.3 is 9.73 Å². The molecule has 0 aliphatic heterocycles. The molecule has 1 N–H and O–H groups in total. The molecule has 5 heteroatoms. The van der Waals surface area contributed by atoms with Gasteiger partial charge in [0.1, 0.15) is 11.3 Å². The molecule has 0 aliphatic rings. The van der Waals surface area contributed by atoms with Gasteiger partial charge in [-0.05, 0) is 25.2 Å². The predicted octanol–water partition coefficient (Wildman–Crippen LogP) is 3.17. The van der Waals surface area contributed by atoms with E-state index in [1.165, 1.54) is 6.07 Å². The van der Waals surface area contributed by atoms with Crippen molar-refractivity contribution in [1.29, 1.82) is 0 Å². The van der Waals surface area contributed by atoms with E-state index in [0.29, 0.717) is 17.7 Å². The van der Waals surface area contributed by atoms with E-state index >= 15 is 0 Å². The molecule has 1 aromatic heterocycles. The Balaban J connectivity index is 2.46. The highest BCUT2D eigenvalue weighted by Gasteiger charge is 2.30. The molecule has 0 amide bonds. The molecule has 2 aromatic rings. The Morgan fingerprint density at radius 2 is 2.00 bits per heavy atom. The van der Waals surface area contributed by atoms with Gasteiger partial charge >= 0.3 is 6.18 Å². The van der Waals surface area contributed by atoms with Crippen LogP contribution in [0.15, 0.2) is 28.7 Å². The van der Waals surface area contributed by atoms with E-state index in [2.05, 4.69) is 5.32 Å². The van der Waals surface area contributed by atoms with Gasteiger partial charge in [0.2, 0.25) is 0 Å². The van der Waals surface area contributed by atoms with Crippen LogP contribution in [-0.4, -0.2) is 7.05 Å². The molecule has 2 rings (SSSR count). The van der Waals surface area contributed by atoms with Gasteiger partial charge in [0.15, 0.2) is 0 Å². The largest absolute Gasteiger partial charge is 0.460 e. The number of hydrogen-bond acceptors (Lipinski definition) is 2. The number of hydrogen-bond donors (Lipinski definition) is 1. The van der Waals surface area contributed by atoms with Crippen LogP contribution in [0.1, 0.15) is 11.3 Å². The van der Waals surface area contributed by atoms with Gasteiger partial charge in [-0.15, -0.1) is 0 Å². The third kappa shape index (κ3) is 2.04. The first-order valence-electron chi connectivity index (χ1n) is 4.75. The Morgan fingerprint density at radius 1 is 1.25 bits per heavy atom. The van der Waals surface area contributed by atoms with Crippen molar-refractivity contribution in [3.05, 3.63) is 35.6 Å². The summed E-state index contributed by atoms with van der Waals surface area (Å²) in [6, 6.07) is 5.22. The van der Waals surface area contributed by atoms with Gasteiger partial charge in [0.25, 0.3) is 0 Å². The standard InChI is InChI=1S/C11H10F3NO/c1-15-6-9-4-7-2-3-8(11(12,13)14)5-10(7)16-9/h2-5,15H,6H2,1H3. The monoisotopic (exact) mass is 229 g/mol. The van der Waals surface area contributed by atoms with Crippen LogP contribution >= 0.6 is 0 Å². The second-order valence-electron chi connectivity index (χ2n) is 3.49. The fourth-order valence-electron chi connectivity index (χ4n) is 1.52. The van der Waals surface area contributed by atoms with E-state index < -0.39 is 11.7 Å². The van der Waals surface area contributed by atoms with Crippen molar-refractivity contribution in [2.24, 2.45) is 0 Å². The van der Waals surface area contributed by atoms with Crippen LogP contribution in [-0.2, 0) is 12.7 Å². The molecule has 16 heavy (non-hydrogen) atoms. The molecule has 0 saturated carbocycles. The first-order valence-corrected chi connectivity index (χ1v) is 4.75. The molecule has 0 saturated heterocycles. The summed E-state index contributed by atoms with van der Waals surface area (Å²) >= 11 is 0. The highest BCUT2D eigenvalue weighted by atomic mass is 19.4. The summed E-state index contributed by atoms with van der Waals surface area (Å²) in [5.74, 6) is 0.622. The molecule has 1 heterocycles. The van der Waals surface area contributed by atoms with Crippen LogP contribution < -0.4 is 5.32 Å². The Morgan fingerprint density at radius 3 is 2.62 bits per heavy atom. The summed E-state index contributed by atoms with van der Waals surface area (Å²) in [6.45, 7) is 0.496. The number of rotatable bonds is 2. The number of halogens is 3. The number of benzene rings is 1. The Bertz CT molecular complexity index is 501. The fourth-order valence-corrected chi connectivity index (χ4v) is 1.52. The fraction of sp³-hybridized carbons (Fsp3) is 0.273. The minimum Gasteiger partial charge on any atom is -0.460 e. The summed E-state index contributed by atoms with van der Waals surface area (Å²) in [5, 5.41) is 3.55. The topological polar surface area (TPSA) is 25.2 Å². The van der Waals surface area contributed by atoms with Crippen molar-refractivity contribution < 1.29 is 17.6 Å². The smallest absolute Gasteiger partial charge is 0.416 e. The number of alkyl halides is 3. The Labute approximate surface area is 90.0 Å². The van der Waals surface area contributed by atoms with Crippen LogP contribution in [0.25, 0.3) is 11.0 Å². The second kappa shape index (κ2) is 3.83. The predicted molar refractivity (Wildman–Crippen MR) is 54.0 cm³/mol. The van der Waals surface area contributed by atoms with Gasteiger partial charge in [-0.3, -0.25) is 0 Å². The zero-order valence-electron chi connectivity index (χ0n) is 8.56. The van der Waals surface area contributed by atoms with Crippen LogP contribution in [0.4, 0.5) is 13.2 Å². The molecule has 0 atom stereocenters. The quantitative estimate of drug-likeness (QED) is 0.855. The molecule has 2 nitrogen and oxygen atoms in total. The summed E-state index contributed by atoms with van der Waals surface area (Å²) in [6.07, 6.45) is -4.33. The molecule has 0 fully saturated rings. The highest BCUT2D eigenvalue weighted by Crippen LogP contribution is 2.32. The minimum absolute atomic E-state index is 0.264. The molecule has 0 bridgehead atoms. The van der Waals surface area contributed by atoms with Gasteiger partial charge in [0, 0.05) is 5.39 Å². The lowest BCUT2D eigenvalue weighted by molar-refractivity contribution is -0.137. The first-order chi connectivity index (χ1) is 7.50. The maximum atomic E-state index is 12.4. The van der Waals surface area contributed by atoms with E-state index in [1.54, 1.807) is 13.1 Å². The summed E-state index contributed by atoms with van der Waals surface area (Å²) < 4.78 is 42.5. The number of fused-ring (bicyclic) bond motifs is 1. The van der Waals surface area contributed by atoms with E-state index in [9.17, 15) is 13.2 Å². The van der Waals surface area contributed by atoms with Gasteiger partial charge in [-0.25, -0.2) is 0 Å². The second-order valence-corrected chi connectivity index (χ2v) is 3.49. The van der Waals surface area contributed by atoms with Crippen LogP contribution in [0.2, 0.25) is 0 Å². The highest BCUT2D eigenvalue weighted by molar-refractivity contribution is 5.78. The maximum Gasteiger partial charge on any atom is 0.416 e. The maximum absolute atomic E-state index is 12.4. The molecular formula is C11H10F3NO. The van der Waals surface area contributed by atoms with E-state index in [1.807, 2.05) is 0 Å². The molecule has 0 aliphatic carbocycles. The zero-order valence-corrected chi connectivity index (χ0v) is 8.56. The minimum atomic E-state index is -4.33. The van der Waals surface area contributed by atoms with Gasteiger partial charge in [-0.1, -0.05) is 6.07 Å². The summed E-state index contributed by atoms with van der Waals surface area (Å²) in [5.41, 5.74) is -0.426. The lowest BCUT2D eigenvalue weighted by Crippen LogP contribution is -2.03. The molecule has 0 unspecified atom stereocenters. The molecule has 1 aromatic carbocycles. The van der Waals surface area contributed by atoms with Crippen molar-refractivity contribution in [1.82, 2.24) is 5.32 Å².